The Kier molecular flexibility index (Phi) is 4.44. The van der Waals surface area contributed by atoms with E-state index < -0.39 is 15.8 Å². The van der Waals surface area contributed by atoms with E-state index in [2.05, 4.69) is 4.72 Å². The number of halogens is 1. The van der Waals surface area contributed by atoms with Gasteiger partial charge < -0.3 is 10.5 Å². The molecule has 0 aliphatic heterocycles. The van der Waals surface area contributed by atoms with Crippen LogP contribution in [0.5, 0.6) is 11.5 Å². The lowest BCUT2D eigenvalue weighted by Crippen LogP contribution is -2.23. The van der Waals surface area contributed by atoms with Crippen molar-refractivity contribution in [2.75, 3.05) is 12.3 Å². The predicted molar refractivity (Wildman–Crippen MR) is 78.2 cm³/mol. The fourth-order valence-electron chi connectivity index (χ4n) is 1.70. The Morgan fingerprint density at radius 1 is 1.24 bits per heavy atom. The van der Waals surface area contributed by atoms with E-state index in [0.29, 0.717) is 0 Å². The van der Waals surface area contributed by atoms with E-state index in [-0.39, 0.29) is 28.6 Å². The van der Waals surface area contributed by atoms with Gasteiger partial charge in [-0.3, -0.25) is 0 Å². The van der Waals surface area contributed by atoms with Crippen LogP contribution in [0, 0.1) is 5.82 Å². The molecule has 2 rings (SSSR count). The zero-order valence-corrected chi connectivity index (χ0v) is 12.2. The van der Waals surface area contributed by atoms with Gasteiger partial charge in [0, 0.05) is 18.7 Å². The lowest BCUT2D eigenvalue weighted by atomic mass is 10.3. The number of hydrogen-bond donors (Lipinski definition) is 2. The van der Waals surface area contributed by atoms with Crippen molar-refractivity contribution in [2.24, 2.45) is 0 Å². The molecular formula is C14H15FN2O3S. The summed E-state index contributed by atoms with van der Waals surface area (Å²) in [5.41, 5.74) is 6.02. The van der Waals surface area contributed by atoms with Crippen LogP contribution in [0.15, 0.2) is 47.4 Å². The summed E-state index contributed by atoms with van der Waals surface area (Å²) in [5, 5.41) is 0. The average Bonchev–Trinajstić information content (AvgIpc) is 2.41. The zero-order chi connectivity index (χ0) is 15.5. The first kappa shape index (κ1) is 15.3. The fraction of sp³-hybridized carbons (Fsp3) is 0.143. The van der Waals surface area contributed by atoms with Crippen molar-refractivity contribution < 1.29 is 17.5 Å². The summed E-state index contributed by atoms with van der Waals surface area (Å²) in [6.07, 6.45) is 0. The van der Waals surface area contributed by atoms with E-state index in [4.69, 9.17) is 10.5 Å². The van der Waals surface area contributed by atoms with Crippen LogP contribution in [-0.4, -0.2) is 15.0 Å². The first-order chi connectivity index (χ1) is 9.92. The molecule has 2 aromatic carbocycles. The Hall–Kier alpha value is -2.12. The van der Waals surface area contributed by atoms with Crippen LogP contribution < -0.4 is 15.2 Å². The maximum Gasteiger partial charge on any atom is 0.240 e. The monoisotopic (exact) mass is 310 g/mol. The largest absolute Gasteiger partial charge is 0.455 e. The molecular weight excluding hydrogens is 295 g/mol. The lowest BCUT2D eigenvalue weighted by molar-refractivity contribution is 0.477. The molecule has 0 bridgehead atoms. The third-order valence-electron chi connectivity index (χ3n) is 2.65. The van der Waals surface area contributed by atoms with Crippen molar-refractivity contribution in [2.45, 2.75) is 11.8 Å². The number of ether oxygens (including phenoxy) is 1. The fourth-order valence-corrected chi connectivity index (χ4v) is 2.76. The molecule has 0 saturated carbocycles. The van der Waals surface area contributed by atoms with Crippen LogP contribution in [0.25, 0.3) is 0 Å². The number of sulfonamides is 1. The third-order valence-corrected chi connectivity index (χ3v) is 4.20. The van der Waals surface area contributed by atoms with Crippen LogP contribution in [0.2, 0.25) is 0 Å². The molecule has 3 N–H and O–H groups in total. The molecule has 0 saturated heterocycles. The van der Waals surface area contributed by atoms with Gasteiger partial charge in [0.25, 0.3) is 0 Å². The van der Waals surface area contributed by atoms with E-state index in [1.165, 1.54) is 36.4 Å². The van der Waals surface area contributed by atoms with E-state index >= 15 is 0 Å². The Morgan fingerprint density at radius 3 is 2.67 bits per heavy atom. The Balaban J connectivity index is 2.36. The van der Waals surface area contributed by atoms with Gasteiger partial charge in [-0.15, -0.1) is 0 Å². The Bertz CT molecular complexity index is 748. The summed E-state index contributed by atoms with van der Waals surface area (Å²) >= 11 is 0. The van der Waals surface area contributed by atoms with Crippen molar-refractivity contribution in [1.29, 1.82) is 0 Å². The van der Waals surface area contributed by atoms with Gasteiger partial charge in [0.2, 0.25) is 10.0 Å². The number of hydrogen-bond acceptors (Lipinski definition) is 4. The van der Waals surface area contributed by atoms with E-state index in [0.717, 1.165) is 0 Å². The highest BCUT2D eigenvalue weighted by atomic mass is 32.2. The first-order valence-electron chi connectivity index (χ1n) is 6.25. The second-order valence-corrected chi connectivity index (χ2v) is 6.03. The standard InChI is InChI=1S/C14H15FN2O3S/c1-2-17-21(18,19)12-6-7-13(16)14(9-12)20-11-5-3-4-10(15)8-11/h3-9,17H,2,16H2,1H3. The molecule has 0 atom stereocenters. The van der Waals surface area contributed by atoms with Crippen LogP contribution in [0.3, 0.4) is 0 Å². The zero-order valence-electron chi connectivity index (χ0n) is 11.3. The molecule has 7 heteroatoms. The quantitative estimate of drug-likeness (QED) is 0.831. The summed E-state index contributed by atoms with van der Waals surface area (Å²) in [5.74, 6) is -0.0678. The van der Waals surface area contributed by atoms with Crippen molar-refractivity contribution in [3.8, 4) is 11.5 Å². The summed E-state index contributed by atoms with van der Waals surface area (Å²) in [4.78, 5) is 0.0324. The highest BCUT2D eigenvalue weighted by Crippen LogP contribution is 2.30. The molecule has 2 aromatic rings. The highest BCUT2D eigenvalue weighted by Gasteiger charge is 2.15. The number of nitrogens with one attached hydrogen (secondary N) is 1. The third kappa shape index (κ3) is 3.71. The molecule has 0 amide bonds. The van der Waals surface area contributed by atoms with Gasteiger partial charge in [-0.05, 0) is 24.3 Å². The molecule has 0 aromatic heterocycles. The first-order valence-corrected chi connectivity index (χ1v) is 7.73. The Morgan fingerprint density at radius 2 is 2.00 bits per heavy atom. The van der Waals surface area contributed by atoms with Crippen LogP contribution >= 0.6 is 0 Å². The second kappa shape index (κ2) is 6.11. The normalized spacial score (nSPS) is 11.3. The number of rotatable bonds is 5. The topological polar surface area (TPSA) is 81.4 Å². The maximum atomic E-state index is 13.1. The molecule has 0 heterocycles. The predicted octanol–water partition coefficient (Wildman–Crippen LogP) is 2.50. The summed E-state index contributed by atoms with van der Waals surface area (Å²) < 4.78 is 44.8. The Labute approximate surface area is 122 Å². The van der Waals surface area contributed by atoms with E-state index in [1.54, 1.807) is 13.0 Å². The smallest absolute Gasteiger partial charge is 0.240 e. The van der Waals surface area contributed by atoms with Gasteiger partial charge in [0.15, 0.2) is 5.75 Å². The number of nitrogens with two attached hydrogens (primary N) is 1. The van der Waals surface area contributed by atoms with Crippen molar-refractivity contribution in [1.82, 2.24) is 4.72 Å². The molecule has 0 radical (unpaired) electrons. The van der Waals surface area contributed by atoms with Crippen LogP contribution in [0.4, 0.5) is 10.1 Å². The minimum atomic E-state index is -3.61. The van der Waals surface area contributed by atoms with Crippen molar-refractivity contribution in [3.63, 3.8) is 0 Å². The molecule has 0 unspecified atom stereocenters. The molecule has 0 aliphatic carbocycles. The minimum Gasteiger partial charge on any atom is -0.455 e. The van der Waals surface area contributed by atoms with Crippen molar-refractivity contribution >= 4 is 15.7 Å². The van der Waals surface area contributed by atoms with Gasteiger partial charge in [-0.1, -0.05) is 13.0 Å². The lowest BCUT2D eigenvalue weighted by Gasteiger charge is -2.11. The summed E-state index contributed by atoms with van der Waals surface area (Å²) in [6.45, 7) is 1.95. The van der Waals surface area contributed by atoms with Gasteiger partial charge >= 0.3 is 0 Å². The summed E-state index contributed by atoms with van der Waals surface area (Å²) in [6, 6.07) is 9.62. The van der Waals surface area contributed by atoms with Gasteiger partial charge in [0.05, 0.1) is 10.6 Å². The minimum absolute atomic E-state index is 0.0324. The van der Waals surface area contributed by atoms with Crippen molar-refractivity contribution in [3.05, 3.63) is 48.3 Å². The second-order valence-electron chi connectivity index (χ2n) is 4.26. The molecule has 0 spiro atoms. The van der Waals surface area contributed by atoms with Gasteiger partial charge in [-0.2, -0.15) is 0 Å². The van der Waals surface area contributed by atoms with Gasteiger partial charge in [0.1, 0.15) is 11.6 Å². The summed E-state index contributed by atoms with van der Waals surface area (Å²) in [7, 11) is -3.61. The van der Waals surface area contributed by atoms with E-state index in [1.807, 2.05) is 0 Å². The van der Waals surface area contributed by atoms with E-state index in [9.17, 15) is 12.8 Å². The number of nitrogen functional groups attached to an aromatic ring is 1. The van der Waals surface area contributed by atoms with Gasteiger partial charge in [-0.25, -0.2) is 17.5 Å². The number of benzene rings is 2. The molecule has 21 heavy (non-hydrogen) atoms. The maximum absolute atomic E-state index is 13.1. The molecule has 5 nitrogen and oxygen atoms in total. The average molecular weight is 310 g/mol. The molecule has 112 valence electrons. The molecule has 0 fully saturated rings. The van der Waals surface area contributed by atoms with Crippen LogP contribution in [-0.2, 0) is 10.0 Å². The SMILES string of the molecule is CCNS(=O)(=O)c1ccc(N)c(Oc2cccc(F)c2)c1. The highest BCUT2D eigenvalue weighted by molar-refractivity contribution is 7.89. The molecule has 0 aliphatic rings. The number of anilines is 1. The van der Waals surface area contributed by atoms with Crippen LogP contribution in [0.1, 0.15) is 6.92 Å².